The molecule has 1 N–H and O–H groups in total. The molecule has 0 fully saturated rings. The zero-order valence-electron chi connectivity index (χ0n) is 12.4. The van der Waals surface area contributed by atoms with Gasteiger partial charge < -0.3 is 10.1 Å². The summed E-state index contributed by atoms with van der Waals surface area (Å²) < 4.78 is 5.75. The van der Waals surface area contributed by atoms with E-state index in [0.29, 0.717) is 0 Å². The molecule has 1 atom stereocenters. The molecule has 0 amide bonds. The zero-order valence-corrected chi connectivity index (χ0v) is 12.4. The Morgan fingerprint density at radius 2 is 2.00 bits per heavy atom. The lowest BCUT2D eigenvalue weighted by Crippen LogP contribution is -2.19. The third kappa shape index (κ3) is 3.54. The normalized spacial score (nSPS) is 12.4. The van der Waals surface area contributed by atoms with Gasteiger partial charge in [0.15, 0.2) is 0 Å². The average molecular weight is 271 g/mol. The fraction of sp³-hybridized carbons (Fsp3) is 0.375. The SMILES string of the molecule is CNC(c1cccc(OC(C)C)c1)c1ccnc(C)n1. The standard InChI is InChI=1S/C16H21N3O/c1-11(2)20-14-7-5-6-13(10-14)16(17-4)15-8-9-18-12(3)19-15/h5-11,16-17H,1-4H3. The maximum absolute atomic E-state index is 5.75. The number of nitrogens with one attached hydrogen (secondary N) is 1. The number of aromatic nitrogens is 2. The van der Waals surface area contributed by atoms with Crippen LogP contribution in [0.5, 0.6) is 5.75 Å². The van der Waals surface area contributed by atoms with Crippen molar-refractivity contribution in [1.29, 1.82) is 0 Å². The van der Waals surface area contributed by atoms with E-state index >= 15 is 0 Å². The Bertz CT molecular complexity index is 569. The van der Waals surface area contributed by atoms with Crippen molar-refractivity contribution in [3.05, 3.63) is 53.6 Å². The molecule has 1 unspecified atom stereocenters. The first kappa shape index (κ1) is 14.5. The number of aryl methyl sites for hydroxylation is 1. The first-order valence-electron chi connectivity index (χ1n) is 6.83. The number of nitrogens with zero attached hydrogens (tertiary/aromatic N) is 2. The van der Waals surface area contributed by atoms with Gasteiger partial charge in [-0.2, -0.15) is 0 Å². The molecule has 0 aliphatic carbocycles. The van der Waals surface area contributed by atoms with Crippen LogP contribution >= 0.6 is 0 Å². The highest BCUT2D eigenvalue weighted by Gasteiger charge is 2.14. The molecule has 0 spiro atoms. The third-order valence-corrected chi connectivity index (χ3v) is 2.95. The Balaban J connectivity index is 2.32. The van der Waals surface area contributed by atoms with Crippen molar-refractivity contribution in [2.24, 2.45) is 0 Å². The summed E-state index contributed by atoms with van der Waals surface area (Å²) >= 11 is 0. The molecule has 2 aromatic rings. The molecule has 0 saturated heterocycles. The van der Waals surface area contributed by atoms with Crippen LogP contribution in [0.15, 0.2) is 36.5 Å². The van der Waals surface area contributed by atoms with E-state index in [-0.39, 0.29) is 12.1 Å². The topological polar surface area (TPSA) is 47.0 Å². The van der Waals surface area contributed by atoms with Crippen LogP contribution in [-0.4, -0.2) is 23.1 Å². The van der Waals surface area contributed by atoms with E-state index < -0.39 is 0 Å². The molecule has 4 heteroatoms. The molecule has 1 aromatic heterocycles. The van der Waals surface area contributed by atoms with Crippen molar-refractivity contribution in [2.45, 2.75) is 32.9 Å². The smallest absolute Gasteiger partial charge is 0.125 e. The van der Waals surface area contributed by atoms with Crippen molar-refractivity contribution in [3.63, 3.8) is 0 Å². The maximum Gasteiger partial charge on any atom is 0.125 e. The Kier molecular flexibility index (Phi) is 4.69. The molecular formula is C16H21N3O. The van der Waals surface area contributed by atoms with Crippen LogP contribution in [0.2, 0.25) is 0 Å². The fourth-order valence-electron chi connectivity index (χ4n) is 2.16. The van der Waals surface area contributed by atoms with Crippen LogP contribution in [0.25, 0.3) is 0 Å². The Labute approximate surface area is 120 Å². The number of hydrogen-bond acceptors (Lipinski definition) is 4. The van der Waals surface area contributed by atoms with Gasteiger partial charge in [0.2, 0.25) is 0 Å². The van der Waals surface area contributed by atoms with Gasteiger partial charge in [0.25, 0.3) is 0 Å². The summed E-state index contributed by atoms with van der Waals surface area (Å²) in [5, 5.41) is 3.30. The van der Waals surface area contributed by atoms with Gasteiger partial charge in [-0.05, 0) is 51.6 Å². The average Bonchev–Trinajstić information content (AvgIpc) is 2.39. The predicted octanol–water partition coefficient (Wildman–Crippen LogP) is 2.88. The zero-order chi connectivity index (χ0) is 14.5. The quantitative estimate of drug-likeness (QED) is 0.908. The van der Waals surface area contributed by atoms with Crippen molar-refractivity contribution in [3.8, 4) is 5.75 Å². The van der Waals surface area contributed by atoms with Crippen LogP contribution in [0.3, 0.4) is 0 Å². The van der Waals surface area contributed by atoms with Gasteiger partial charge in [0, 0.05) is 6.20 Å². The van der Waals surface area contributed by atoms with Gasteiger partial charge in [-0.15, -0.1) is 0 Å². The highest BCUT2D eigenvalue weighted by Crippen LogP contribution is 2.24. The van der Waals surface area contributed by atoms with E-state index in [1.807, 2.05) is 46.0 Å². The first-order chi connectivity index (χ1) is 9.60. The second-order valence-electron chi connectivity index (χ2n) is 4.99. The molecule has 0 saturated carbocycles. The van der Waals surface area contributed by atoms with Crippen molar-refractivity contribution in [1.82, 2.24) is 15.3 Å². The molecule has 4 nitrogen and oxygen atoms in total. The number of hydrogen-bond donors (Lipinski definition) is 1. The monoisotopic (exact) mass is 271 g/mol. The second kappa shape index (κ2) is 6.48. The van der Waals surface area contributed by atoms with Crippen LogP contribution in [0, 0.1) is 6.92 Å². The van der Waals surface area contributed by atoms with E-state index in [1.165, 1.54) is 0 Å². The third-order valence-electron chi connectivity index (χ3n) is 2.95. The van der Waals surface area contributed by atoms with E-state index in [2.05, 4.69) is 27.4 Å². The molecule has 0 aliphatic rings. The van der Waals surface area contributed by atoms with E-state index in [9.17, 15) is 0 Å². The number of benzene rings is 1. The summed E-state index contributed by atoms with van der Waals surface area (Å²) in [5.41, 5.74) is 2.09. The molecule has 0 bridgehead atoms. The Morgan fingerprint density at radius 3 is 2.65 bits per heavy atom. The van der Waals surface area contributed by atoms with Crippen LogP contribution in [0.4, 0.5) is 0 Å². The lowest BCUT2D eigenvalue weighted by molar-refractivity contribution is 0.242. The van der Waals surface area contributed by atoms with Crippen molar-refractivity contribution >= 4 is 0 Å². The van der Waals surface area contributed by atoms with Gasteiger partial charge in [-0.3, -0.25) is 0 Å². The summed E-state index contributed by atoms with van der Waals surface area (Å²) in [7, 11) is 1.93. The van der Waals surface area contributed by atoms with Crippen molar-refractivity contribution < 1.29 is 4.74 Å². The minimum Gasteiger partial charge on any atom is -0.491 e. The highest BCUT2D eigenvalue weighted by molar-refractivity contribution is 5.34. The molecule has 106 valence electrons. The van der Waals surface area contributed by atoms with E-state index in [0.717, 1.165) is 22.8 Å². The summed E-state index contributed by atoms with van der Waals surface area (Å²) in [4.78, 5) is 8.64. The van der Waals surface area contributed by atoms with Crippen LogP contribution in [0.1, 0.15) is 37.0 Å². The molecule has 0 radical (unpaired) electrons. The highest BCUT2D eigenvalue weighted by atomic mass is 16.5. The van der Waals surface area contributed by atoms with Gasteiger partial charge in [0.05, 0.1) is 17.8 Å². The number of rotatable bonds is 5. The summed E-state index contributed by atoms with van der Waals surface area (Å²) in [5.74, 6) is 1.65. The number of ether oxygens (including phenoxy) is 1. The van der Waals surface area contributed by atoms with Crippen molar-refractivity contribution in [2.75, 3.05) is 7.05 Å². The summed E-state index contributed by atoms with van der Waals surface area (Å²) in [6.07, 6.45) is 1.95. The minimum atomic E-state index is 0.0346. The molecule has 1 aromatic carbocycles. The van der Waals surface area contributed by atoms with E-state index in [1.54, 1.807) is 6.20 Å². The molecule has 2 rings (SSSR count). The lowest BCUT2D eigenvalue weighted by Gasteiger charge is -2.18. The van der Waals surface area contributed by atoms with Crippen LogP contribution in [-0.2, 0) is 0 Å². The molecule has 20 heavy (non-hydrogen) atoms. The largest absolute Gasteiger partial charge is 0.491 e. The van der Waals surface area contributed by atoms with Gasteiger partial charge >= 0.3 is 0 Å². The molecular weight excluding hydrogens is 250 g/mol. The van der Waals surface area contributed by atoms with Crippen LogP contribution < -0.4 is 10.1 Å². The lowest BCUT2D eigenvalue weighted by atomic mass is 10.0. The Hall–Kier alpha value is -1.94. The van der Waals surface area contributed by atoms with Gasteiger partial charge in [0.1, 0.15) is 11.6 Å². The van der Waals surface area contributed by atoms with Gasteiger partial charge in [-0.25, -0.2) is 9.97 Å². The molecule has 0 aliphatic heterocycles. The second-order valence-corrected chi connectivity index (χ2v) is 4.99. The predicted molar refractivity (Wildman–Crippen MR) is 79.9 cm³/mol. The minimum absolute atomic E-state index is 0.0346. The summed E-state index contributed by atoms with van der Waals surface area (Å²) in [6.45, 7) is 5.94. The van der Waals surface area contributed by atoms with E-state index in [4.69, 9.17) is 4.74 Å². The Morgan fingerprint density at radius 1 is 1.20 bits per heavy atom. The van der Waals surface area contributed by atoms with Gasteiger partial charge in [-0.1, -0.05) is 12.1 Å². The fourth-order valence-corrected chi connectivity index (χ4v) is 2.16. The maximum atomic E-state index is 5.75. The molecule has 1 heterocycles. The summed E-state index contributed by atoms with van der Waals surface area (Å²) in [6, 6.07) is 10.1. The first-order valence-corrected chi connectivity index (χ1v) is 6.83.